The van der Waals surface area contributed by atoms with E-state index in [4.69, 9.17) is 11.6 Å². The van der Waals surface area contributed by atoms with Gasteiger partial charge in [-0.3, -0.25) is 9.88 Å². The SMILES string of the molecule is Clc1ccc2c(NCCCCN(Cc3ccccc3)Cc3ccsc3)ccnc2c1. The Labute approximate surface area is 187 Å². The van der Waals surface area contributed by atoms with Crippen LogP contribution in [0.15, 0.2) is 77.6 Å². The predicted molar refractivity (Wildman–Crippen MR) is 129 cm³/mol. The average molecular weight is 436 g/mol. The minimum Gasteiger partial charge on any atom is -0.384 e. The molecule has 0 spiro atoms. The molecule has 154 valence electrons. The maximum Gasteiger partial charge on any atom is 0.0737 e. The molecule has 3 nitrogen and oxygen atoms in total. The number of aromatic nitrogens is 1. The molecule has 30 heavy (non-hydrogen) atoms. The lowest BCUT2D eigenvalue weighted by Crippen LogP contribution is -2.24. The number of hydrogen-bond donors (Lipinski definition) is 1. The highest BCUT2D eigenvalue weighted by Gasteiger charge is 2.08. The Bertz CT molecular complexity index is 1050. The molecule has 1 N–H and O–H groups in total. The van der Waals surface area contributed by atoms with Crippen LogP contribution >= 0.6 is 22.9 Å². The predicted octanol–water partition coefficient (Wildman–Crippen LogP) is 6.84. The van der Waals surface area contributed by atoms with Crippen LogP contribution in [0.4, 0.5) is 5.69 Å². The van der Waals surface area contributed by atoms with E-state index in [0.717, 1.165) is 60.6 Å². The summed E-state index contributed by atoms with van der Waals surface area (Å²) < 4.78 is 0. The van der Waals surface area contributed by atoms with Crippen LogP contribution in [0.1, 0.15) is 24.0 Å². The van der Waals surface area contributed by atoms with Gasteiger partial charge in [-0.1, -0.05) is 41.9 Å². The second kappa shape index (κ2) is 10.6. The van der Waals surface area contributed by atoms with Crippen LogP contribution in [-0.4, -0.2) is 23.0 Å². The van der Waals surface area contributed by atoms with Crippen LogP contribution in [0.25, 0.3) is 10.9 Å². The summed E-state index contributed by atoms with van der Waals surface area (Å²) in [6, 6.07) is 20.9. The fraction of sp³-hybridized carbons (Fsp3) is 0.240. The first-order valence-electron chi connectivity index (χ1n) is 10.3. The van der Waals surface area contributed by atoms with Crippen LogP contribution in [0.3, 0.4) is 0 Å². The van der Waals surface area contributed by atoms with Crippen molar-refractivity contribution in [3.8, 4) is 0 Å². The van der Waals surface area contributed by atoms with Crippen molar-refractivity contribution in [1.29, 1.82) is 0 Å². The molecule has 2 heterocycles. The summed E-state index contributed by atoms with van der Waals surface area (Å²) in [7, 11) is 0. The maximum atomic E-state index is 6.09. The van der Waals surface area contributed by atoms with Crippen molar-refractivity contribution in [2.45, 2.75) is 25.9 Å². The van der Waals surface area contributed by atoms with Gasteiger partial charge in [0, 0.05) is 41.9 Å². The third-order valence-electron chi connectivity index (χ3n) is 5.16. The Morgan fingerprint density at radius 3 is 2.63 bits per heavy atom. The van der Waals surface area contributed by atoms with Crippen LogP contribution in [0, 0.1) is 0 Å². The number of nitrogens with zero attached hydrogens (tertiary/aromatic N) is 2. The topological polar surface area (TPSA) is 28.2 Å². The van der Waals surface area contributed by atoms with Crippen molar-refractivity contribution in [2.75, 3.05) is 18.4 Å². The van der Waals surface area contributed by atoms with E-state index in [1.165, 1.54) is 11.1 Å². The molecule has 4 rings (SSSR count). The largest absolute Gasteiger partial charge is 0.384 e. The zero-order chi connectivity index (χ0) is 20.6. The molecule has 0 amide bonds. The summed E-state index contributed by atoms with van der Waals surface area (Å²) in [5, 5.41) is 9.82. The molecule has 0 saturated heterocycles. The van der Waals surface area contributed by atoms with E-state index in [9.17, 15) is 0 Å². The van der Waals surface area contributed by atoms with Crippen LogP contribution in [0.5, 0.6) is 0 Å². The molecule has 0 aliphatic carbocycles. The first-order chi connectivity index (χ1) is 14.8. The van der Waals surface area contributed by atoms with Gasteiger partial charge in [-0.15, -0.1) is 0 Å². The normalized spacial score (nSPS) is 11.3. The van der Waals surface area contributed by atoms with Gasteiger partial charge in [-0.2, -0.15) is 11.3 Å². The van der Waals surface area contributed by atoms with E-state index < -0.39 is 0 Å². The Morgan fingerprint density at radius 1 is 0.933 bits per heavy atom. The molecular weight excluding hydrogens is 410 g/mol. The number of unbranched alkanes of at least 4 members (excludes halogenated alkanes) is 1. The van der Waals surface area contributed by atoms with Gasteiger partial charge in [0.1, 0.15) is 0 Å². The lowest BCUT2D eigenvalue weighted by Gasteiger charge is -2.22. The molecular formula is C25H26ClN3S. The van der Waals surface area contributed by atoms with E-state index in [2.05, 4.69) is 62.4 Å². The highest BCUT2D eigenvalue weighted by Crippen LogP contribution is 2.24. The van der Waals surface area contributed by atoms with Crippen molar-refractivity contribution in [3.05, 3.63) is 93.8 Å². The van der Waals surface area contributed by atoms with Gasteiger partial charge in [-0.25, -0.2) is 0 Å². The van der Waals surface area contributed by atoms with Crippen molar-refractivity contribution < 1.29 is 0 Å². The van der Waals surface area contributed by atoms with Crippen LogP contribution in [-0.2, 0) is 13.1 Å². The molecule has 0 aliphatic heterocycles. The van der Waals surface area contributed by atoms with E-state index in [0.29, 0.717) is 0 Å². The Morgan fingerprint density at radius 2 is 1.80 bits per heavy atom. The molecule has 0 unspecified atom stereocenters. The monoisotopic (exact) mass is 435 g/mol. The highest BCUT2D eigenvalue weighted by molar-refractivity contribution is 7.07. The van der Waals surface area contributed by atoms with E-state index in [1.54, 1.807) is 11.3 Å². The highest BCUT2D eigenvalue weighted by atomic mass is 35.5. The quantitative estimate of drug-likeness (QED) is 0.276. The average Bonchev–Trinajstić information content (AvgIpc) is 3.27. The van der Waals surface area contributed by atoms with Gasteiger partial charge in [0.25, 0.3) is 0 Å². The first kappa shape index (κ1) is 20.9. The number of pyridine rings is 1. The molecule has 0 aliphatic rings. The summed E-state index contributed by atoms with van der Waals surface area (Å²) in [5.74, 6) is 0. The van der Waals surface area contributed by atoms with E-state index in [-0.39, 0.29) is 0 Å². The molecule has 2 aromatic heterocycles. The number of nitrogens with one attached hydrogen (secondary N) is 1. The second-order valence-electron chi connectivity index (χ2n) is 7.48. The van der Waals surface area contributed by atoms with Crippen molar-refractivity contribution >= 4 is 39.5 Å². The number of rotatable bonds is 10. The molecule has 0 atom stereocenters. The van der Waals surface area contributed by atoms with Crippen molar-refractivity contribution in [3.63, 3.8) is 0 Å². The van der Waals surface area contributed by atoms with E-state index in [1.807, 2.05) is 30.5 Å². The lowest BCUT2D eigenvalue weighted by atomic mass is 10.1. The Hall–Kier alpha value is -2.40. The van der Waals surface area contributed by atoms with Crippen LogP contribution < -0.4 is 5.32 Å². The maximum absolute atomic E-state index is 6.09. The molecule has 0 fully saturated rings. The smallest absolute Gasteiger partial charge is 0.0737 e. The Kier molecular flexibility index (Phi) is 7.35. The van der Waals surface area contributed by atoms with Gasteiger partial charge < -0.3 is 5.32 Å². The first-order valence-corrected chi connectivity index (χ1v) is 11.7. The van der Waals surface area contributed by atoms with Crippen LogP contribution in [0.2, 0.25) is 5.02 Å². The molecule has 4 aromatic rings. The summed E-state index contributed by atoms with van der Waals surface area (Å²) in [6.07, 6.45) is 4.11. The van der Waals surface area contributed by atoms with Gasteiger partial charge in [0.05, 0.1) is 5.52 Å². The number of thiophene rings is 1. The third kappa shape index (κ3) is 5.82. The van der Waals surface area contributed by atoms with Crippen molar-refractivity contribution in [2.24, 2.45) is 0 Å². The fourth-order valence-electron chi connectivity index (χ4n) is 3.66. The molecule has 0 saturated carbocycles. The zero-order valence-electron chi connectivity index (χ0n) is 16.9. The molecule has 5 heteroatoms. The summed E-state index contributed by atoms with van der Waals surface area (Å²) in [4.78, 5) is 6.96. The van der Waals surface area contributed by atoms with Gasteiger partial charge >= 0.3 is 0 Å². The van der Waals surface area contributed by atoms with Crippen molar-refractivity contribution in [1.82, 2.24) is 9.88 Å². The minimum absolute atomic E-state index is 0.719. The summed E-state index contributed by atoms with van der Waals surface area (Å²) in [6.45, 7) is 4.01. The minimum atomic E-state index is 0.719. The van der Waals surface area contributed by atoms with E-state index >= 15 is 0 Å². The zero-order valence-corrected chi connectivity index (χ0v) is 18.5. The van der Waals surface area contributed by atoms with Gasteiger partial charge in [0.15, 0.2) is 0 Å². The number of benzene rings is 2. The molecule has 0 bridgehead atoms. The summed E-state index contributed by atoms with van der Waals surface area (Å²) >= 11 is 7.86. The van der Waals surface area contributed by atoms with Gasteiger partial charge in [0.2, 0.25) is 0 Å². The number of hydrogen-bond acceptors (Lipinski definition) is 4. The Balaban J connectivity index is 1.30. The standard InChI is InChI=1S/C25H26ClN3S/c26-22-8-9-23-24(10-13-28-25(23)16-22)27-12-4-5-14-29(18-21-11-15-30-19-21)17-20-6-2-1-3-7-20/h1-3,6-11,13,15-16,19H,4-5,12,14,17-18H2,(H,27,28). The molecule has 2 aromatic carbocycles. The fourth-order valence-corrected chi connectivity index (χ4v) is 4.48. The lowest BCUT2D eigenvalue weighted by molar-refractivity contribution is 0.252. The number of anilines is 1. The van der Waals surface area contributed by atoms with Gasteiger partial charge in [-0.05, 0) is 71.6 Å². The number of halogens is 1. The third-order valence-corrected chi connectivity index (χ3v) is 6.12. The summed E-state index contributed by atoms with van der Waals surface area (Å²) in [5.41, 5.74) is 4.82. The second-order valence-corrected chi connectivity index (χ2v) is 8.70. The number of fused-ring (bicyclic) bond motifs is 1. The molecule has 0 radical (unpaired) electrons.